The summed E-state index contributed by atoms with van der Waals surface area (Å²) >= 11 is 0. The number of halogens is 1. The quantitative estimate of drug-likeness (QED) is 0.220. The summed E-state index contributed by atoms with van der Waals surface area (Å²) in [5, 5.41) is 3.23. The van der Waals surface area contributed by atoms with E-state index < -0.39 is 0 Å². The smallest absolute Gasteiger partial charge is 0.220 e. The summed E-state index contributed by atoms with van der Waals surface area (Å²) in [6, 6.07) is 0. The van der Waals surface area contributed by atoms with E-state index in [0.717, 1.165) is 66.4 Å². The lowest BCUT2D eigenvalue weighted by Gasteiger charge is -2.61. The fraction of sp³-hybridized carbons (Fsp3) is 0.969. The van der Waals surface area contributed by atoms with Gasteiger partial charge in [-0.2, -0.15) is 0 Å². The summed E-state index contributed by atoms with van der Waals surface area (Å²) in [4.78, 5) is 12.6. The van der Waals surface area contributed by atoms with E-state index in [9.17, 15) is 4.79 Å². The van der Waals surface area contributed by atoms with Crippen molar-refractivity contribution in [2.75, 3.05) is 33.7 Å². The van der Waals surface area contributed by atoms with Gasteiger partial charge in [0.2, 0.25) is 5.91 Å². The van der Waals surface area contributed by atoms with Crippen LogP contribution in [0.1, 0.15) is 118 Å². The maximum absolute atomic E-state index is 12.6. The average molecular weight is 615 g/mol. The van der Waals surface area contributed by atoms with Crippen LogP contribution < -0.4 is 29.3 Å². The molecule has 4 aliphatic carbocycles. The van der Waals surface area contributed by atoms with Gasteiger partial charge in [-0.25, -0.2) is 0 Å². The summed E-state index contributed by atoms with van der Waals surface area (Å²) < 4.78 is 1.06. The Bertz CT molecular complexity index is 725. The molecule has 4 rings (SSSR count). The number of carbonyl (C=O) groups is 1. The Labute approximate surface area is 241 Å². The highest BCUT2D eigenvalue weighted by atomic mass is 127. The number of quaternary nitrogens is 1. The van der Waals surface area contributed by atoms with Crippen LogP contribution in [-0.2, 0) is 4.79 Å². The van der Waals surface area contributed by atoms with E-state index in [1.807, 2.05) is 0 Å². The molecule has 0 saturated heterocycles. The lowest BCUT2D eigenvalue weighted by molar-refractivity contribution is -0.890. The van der Waals surface area contributed by atoms with Crippen molar-refractivity contribution >= 4 is 5.91 Å². The summed E-state index contributed by atoms with van der Waals surface area (Å²) in [5.41, 5.74) is 1.17. The highest BCUT2D eigenvalue weighted by Gasteiger charge is 2.60. The van der Waals surface area contributed by atoms with E-state index in [1.54, 1.807) is 0 Å². The largest absolute Gasteiger partial charge is 1.00 e. The molecule has 0 heterocycles. The van der Waals surface area contributed by atoms with E-state index >= 15 is 0 Å². The minimum Gasteiger partial charge on any atom is -1.00 e. The Morgan fingerprint density at radius 3 is 2.44 bits per heavy atom. The van der Waals surface area contributed by atoms with E-state index in [1.165, 1.54) is 77.2 Å². The molecule has 1 N–H and O–H groups in total. The third-order valence-electron chi connectivity index (χ3n) is 12.3. The number of fused-ring (bicyclic) bond motifs is 5. The van der Waals surface area contributed by atoms with Gasteiger partial charge in [0.25, 0.3) is 0 Å². The van der Waals surface area contributed by atoms with E-state index in [-0.39, 0.29) is 29.9 Å². The van der Waals surface area contributed by atoms with Crippen molar-refractivity contribution in [2.45, 2.75) is 118 Å². The number of carbonyl (C=O) groups excluding carboxylic acids is 1. The predicted octanol–water partition coefficient (Wildman–Crippen LogP) is 4.45. The minimum absolute atomic E-state index is 0. The molecule has 0 bridgehead atoms. The molecule has 4 unspecified atom stereocenters. The number of nitrogens with one attached hydrogen (secondary N) is 1. The van der Waals surface area contributed by atoms with Crippen LogP contribution in [0.4, 0.5) is 0 Å². The molecule has 0 aromatic carbocycles. The van der Waals surface area contributed by atoms with E-state index in [0.29, 0.717) is 16.7 Å². The summed E-state index contributed by atoms with van der Waals surface area (Å²) in [6.07, 6.45) is 18.9. The Balaban J connectivity index is 0.00000361. The Morgan fingerprint density at radius 1 is 0.944 bits per heavy atom. The molecule has 4 saturated carbocycles. The topological polar surface area (TPSA) is 29.1 Å². The molecular formula is C32H59IN2O. The fourth-order valence-electron chi connectivity index (χ4n) is 10.4. The van der Waals surface area contributed by atoms with Crippen LogP contribution >= 0.6 is 0 Å². The van der Waals surface area contributed by atoms with E-state index in [4.69, 9.17) is 0 Å². The zero-order chi connectivity index (χ0) is 25.3. The summed E-state index contributed by atoms with van der Waals surface area (Å²) in [5.74, 6) is 5.74. The minimum atomic E-state index is 0. The Hall–Kier alpha value is 0.160. The SMILES string of the molecule is CCC[N+](C)(C)CCCNC(=O)CC[C@@H](C)[C@H]1CCC2C3CCC4CCCC[C@]4(C)C3CC[C@@]21C.[I-]. The first-order valence-electron chi connectivity index (χ1n) is 15.7. The van der Waals surface area contributed by atoms with Gasteiger partial charge in [-0.1, -0.05) is 40.5 Å². The molecule has 36 heavy (non-hydrogen) atoms. The highest BCUT2D eigenvalue weighted by Crippen LogP contribution is 2.68. The molecule has 8 atom stereocenters. The molecule has 4 aliphatic rings. The molecule has 1 amide bonds. The van der Waals surface area contributed by atoms with Gasteiger partial charge in [0, 0.05) is 19.4 Å². The van der Waals surface area contributed by atoms with Gasteiger partial charge < -0.3 is 33.8 Å². The second-order valence-electron chi connectivity index (χ2n) is 14.7. The van der Waals surface area contributed by atoms with Gasteiger partial charge >= 0.3 is 0 Å². The first-order valence-corrected chi connectivity index (χ1v) is 15.7. The van der Waals surface area contributed by atoms with Crippen molar-refractivity contribution < 1.29 is 33.3 Å². The predicted molar refractivity (Wildman–Crippen MR) is 148 cm³/mol. The zero-order valence-corrected chi connectivity index (χ0v) is 26.9. The standard InChI is InChI=1S/C32H58N2O.HI/c1-7-22-34(5,6)23-10-21-33-30(35)17-12-24(2)27-15-16-28-26-14-13-25-11-8-9-19-31(25,3)29(26)18-20-32(27,28)4;/h24-29H,7-23H2,1-6H3;1H/t24-,25?,26?,27-,28?,29?,31+,32-;/m1./s1. The third-order valence-corrected chi connectivity index (χ3v) is 12.3. The second-order valence-corrected chi connectivity index (χ2v) is 14.7. The lowest BCUT2D eigenvalue weighted by atomic mass is 9.44. The van der Waals surface area contributed by atoms with Crippen LogP contribution in [-0.4, -0.2) is 44.1 Å². The normalized spacial score (nSPS) is 38.8. The molecule has 0 aromatic heterocycles. The van der Waals surface area contributed by atoms with E-state index in [2.05, 4.69) is 47.1 Å². The van der Waals surface area contributed by atoms with Crippen molar-refractivity contribution in [3.8, 4) is 0 Å². The van der Waals surface area contributed by atoms with Crippen molar-refractivity contribution in [2.24, 2.45) is 46.3 Å². The molecule has 4 fully saturated rings. The van der Waals surface area contributed by atoms with Gasteiger partial charge in [0.15, 0.2) is 0 Å². The van der Waals surface area contributed by atoms with Crippen LogP contribution in [0.15, 0.2) is 0 Å². The van der Waals surface area contributed by atoms with Gasteiger partial charge in [-0.15, -0.1) is 0 Å². The number of rotatable bonds is 10. The Kier molecular flexibility index (Phi) is 10.7. The maximum Gasteiger partial charge on any atom is 0.220 e. The van der Waals surface area contributed by atoms with Gasteiger partial charge in [-0.05, 0) is 111 Å². The van der Waals surface area contributed by atoms with Gasteiger partial charge in [0.05, 0.1) is 27.2 Å². The van der Waals surface area contributed by atoms with Crippen LogP contribution in [0.3, 0.4) is 0 Å². The molecule has 0 spiro atoms. The second kappa shape index (κ2) is 12.6. The molecule has 0 aliphatic heterocycles. The number of hydrogen-bond acceptors (Lipinski definition) is 1. The molecule has 0 radical (unpaired) electrons. The maximum atomic E-state index is 12.6. The zero-order valence-electron chi connectivity index (χ0n) is 24.7. The fourth-order valence-corrected chi connectivity index (χ4v) is 10.4. The first kappa shape index (κ1) is 30.7. The summed E-state index contributed by atoms with van der Waals surface area (Å²) in [6.45, 7) is 13.3. The molecule has 0 aromatic rings. The molecule has 4 heteroatoms. The first-order chi connectivity index (χ1) is 16.6. The molecule has 3 nitrogen and oxygen atoms in total. The number of amides is 1. The van der Waals surface area contributed by atoms with Crippen molar-refractivity contribution in [3.63, 3.8) is 0 Å². The monoisotopic (exact) mass is 614 g/mol. The van der Waals surface area contributed by atoms with Crippen molar-refractivity contribution in [1.82, 2.24) is 5.32 Å². The molecule has 210 valence electrons. The van der Waals surface area contributed by atoms with Crippen LogP contribution in [0.25, 0.3) is 0 Å². The highest BCUT2D eigenvalue weighted by molar-refractivity contribution is 5.75. The van der Waals surface area contributed by atoms with Crippen LogP contribution in [0.2, 0.25) is 0 Å². The van der Waals surface area contributed by atoms with Crippen LogP contribution in [0.5, 0.6) is 0 Å². The lowest BCUT2D eigenvalue weighted by Crippen LogP contribution is -3.00. The third kappa shape index (κ3) is 6.31. The number of hydrogen-bond donors (Lipinski definition) is 1. The van der Waals surface area contributed by atoms with Crippen LogP contribution in [0, 0.1) is 46.3 Å². The number of nitrogens with zero attached hydrogens (tertiary/aromatic N) is 1. The average Bonchev–Trinajstić information content (AvgIpc) is 3.17. The van der Waals surface area contributed by atoms with Gasteiger partial charge in [0.1, 0.15) is 0 Å². The van der Waals surface area contributed by atoms with Gasteiger partial charge in [-0.3, -0.25) is 4.79 Å². The Morgan fingerprint density at radius 2 is 1.69 bits per heavy atom. The van der Waals surface area contributed by atoms with Crippen molar-refractivity contribution in [1.29, 1.82) is 0 Å². The van der Waals surface area contributed by atoms with Crippen molar-refractivity contribution in [3.05, 3.63) is 0 Å². The molecular weight excluding hydrogens is 555 g/mol. The summed E-state index contributed by atoms with van der Waals surface area (Å²) in [7, 11) is 4.61.